The van der Waals surface area contributed by atoms with E-state index >= 15 is 0 Å². The van der Waals surface area contributed by atoms with Crippen LogP contribution in [0.3, 0.4) is 0 Å². The van der Waals surface area contributed by atoms with Crippen molar-refractivity contribution in [3.8, 4) is 0 Å². The second-order valence-electron chi connectivity index (χ2n) is 4.75. The maximum Gasteiger partial charge on any atom is 0.131 e. The van der Waals surface area contributed by atoms with Gasteiger partial charge in [0, 0.05) is 30.5 Å². The molecule has 1 aromatic rings. The Bertz CT molecular complexity index is 391. The average Bonchev–Trinajstić information content (AvgIpc) is 2.57. The predicted molar refractivity (Wildman–Crippen MR) is 74.8 cm³/mol. The molecule has 0 radical (unpaired) electrons. The van der Waals surface area contributed by atoms with Crippen molar-refractivity contribution < 1.29 is 0 Å². The van der Waals surface area contributed by atoms with E-state index in [-0.39, 0.29) is 0 Å². The Hall–Kier alpha value is -0.0600. The molecule has 0 amide bonds. The second-order valence-corrected chi connectivity index (χ2v) is 5.76. The molecule has 0 saturated carbocycles. The molecule has 0 N–H and O–H groups in total. The Morgan fingerprint density at radius 1 is 1.47 bits per heavy atom. The van der Waals surface area contributed by atoms with Crippen molar-refractivity contribution in [2.24, 2.45) is 7.05 Å². The molecule has 1 unspecified atom stereocenters. The molecule has 1 aromatic heterocycles. The number of rotatable bonds is 3. The summed E-state index contributed by atoms with van der Waals surface area (Å²) in [6.45, 7) is 4.13. The lowest BCUT2D eigenvalue weighted by Crippen LogP contribution is -2.40. The maximum absolute atomic E-state index is 6.29. The van der Waals surface area contributed by atoms with Gasteiger partial charge in [-0.1, -0.05) is 34.0 Å². The summed E-state index contributed by atoms with van der Waals surface area (Å²) in [5.74, 6) is 0. The van der Waals surface area contributed by atoms with Gasteiger partial charge in [0.05, 0.1) is 5.69 Å². The zero-order valence-electron chi connectivity index (χ0n) is 10.4. The predicted octanol–water partition coefficient (Wildman–Crippen LogP) is 3.13. The van der Waals surface area contributed by atoms with E-state index in [4.69, 9.17) is 11.6 Å². The van der Waals surface area contributed by atoms with E-state index in [1.807, 2.05) is 14.0 Å². The van der Waals surface area contributed by atoms with E-state index in [1.165, 1.54) is 31.4 Å². The van der Waals surface area contributed by atoms with Gasteiger partial charge in [-0.15, -0.1) is 0 Å². The molecule has 1 fully saturated rings. The van der Waals surface area contributed by atoms with E-state index < -0.39 is 0 Å². The van der Waals surface area contributed by atoms with Crippen LogP contribution < -0.4 is 0 Å². The summed E-state index contributed by atoms with van der Waals surface area (Å²) in [6.07, 6.45) is 3.91. The largest absolute Gasteiger partial charge is 0.295 e. The van der Waals surface area contributed by atoms with Crippen LogP contribution in [0, 0.1) is 6.92 Å². The van der Waals surface area contributed by atoms with E-state index in [0.29, 0.717) is 6.04 Å². The van der Waals surface area contributed by atoms with Crippen molar-refractivity contribution in [2.75, 3.05) is 11.9 Å². The standard InChI is InChI=1S/C12H19BrClN3/c1-9-11(12(14)16(2)15-9)8-17-6-4-3-5-10(17)7-13/h10H,3-8H2,1-2H3. The lowest BCUT2D eigenvalue weighted by Gasteiger charge is -2.34. The van der Waals surface area contributed by atoms with Crippen LogP contribution in [-0.2, 0) is 13.6 Å². The first-order chi connectivity index (χ1) is 8.13. The number of aryl methyl sites for hydroxylation is 2. The van der Waals surface area contributed by atoms with E-state index in [1.54, 1.807) is 4.68 Å². The zero-order chi connectivity index (χ0) is 12.4. The molecule has 2 rings (SSSR count). The summed E-state index contributed by atoms with van der Waals surface area (Å²) >= 11 is 9.90. The highest BCUT2D eigenvalue weighted by atomic mass is 79.9. The van der Waals surface area contributed by atoms with Gasteiger partial charge >= 0.3 is 0 Å². The highest BCUT2D eigenvalue weighted by Crippen LogP contribution is 2.25. The molecule has 96 valence electrons. The van der Waals surface area contributed by atoms with Gasteiger partial charge in [-0.2, -0.15) is 5.10 Å². The zero-order valence-corrected chi connectivity index (χ0v) is 12.8. The minimum absolute atomic E-state index is 0.638. The van der Waals surface area contributed by atoms with Crippen LogP contribution in [0.4, 0.5) is 0 Å². The Morgan fingerprint density at radius 3 is 2.82 bits per heavy atom. The van der Waals surface area contributed by atoms with Crippen LogP contribution in [0.15, 0.2) is 0 Å². The maximum atomic E-state index is 6.29. The summed E-state index contributed by atoms with van der Waals surface area (Å²) in [4.78, 5) is 2.52. The van der Waals surface area contributed by atoms with Crippen LogP contribution in [0.5, 0.6) is 0 Å². The SMILES string of the molecule is Cc1nn(C)c(Cl)c1CN1CCCCC1CBr. The molecule has 0 bridgehead atoms. The number of likely N-dealkylation sites (tertiary alicyclic amines) is 1. The normalized spacial score (nSPS) is 22.0. The van der Waals surface area contributed by atoms with Crippen molar-refractivity contribution in [1.29, 1.82) is 0 Å². The molecule has 17 heavy (non-hydrogen) atoms. The molecule has 1 aliphatic rings. The van der Waals surface area contributed by atoms with Crippen LogP contribution in [-0.4, -0.2) is 32.6 Å². The molecule has 1 aliphatic heterocycles. The molecule has 5 heteroatoms. The van der Waals surface area contributed by atoms with Crippen molar-refractivity contribution in [1.82, 2.24) is 14.7 Å². The third-order valence-corrected chi connectivity index (χ3v) is 4.78. The van der Waals surface area contributed by atoms with Crippen LogP contribution in [0.1, 0.15) is 30.5 Å². The Morgan fingerprint density at radius 2 is 2.24 bits per heavy atom. The monoisotopic (exact) mass is 319 g/mol. The summed E-state index contributed by atoms with van der Waals surface area (Å²) in [5, 5.41) is 6.20. The van der Waals surface area contributed by atoms with Crippen LogP contribution >= 0.6 is 27.5 Å². The van der Waals surface area contributed by atoms with Gasteiger partial charge in [0.15, 0.2) is 0 Å². The molecule has 0 aliphatic carbocycles. The highest BCUT2D eigenvalue weighted by molar-refractivity contribution is 9.09. The Balaban J connectivity index is 2.13. The molecule has 3 nitrogen and oxygen atoms in total. The van der Waals surface area contributed by atoms with Crippen molar-refractivity contribution in [3.63, 3.8) is 0 Å². The summed E-state index contributed by atoms with van der Waals surface area (Å²) in [6, 6.07) is 0.638. The van der Waals surface area contributed by atoms with Gasteiger partial charge < -0.3 is 0 Å². The van der Waals surface area contributed by atoms with Crippen molar-refractivity contribution in [3.05, 3.63) is 16.4 Å². The fourth-order valence-corrected chi connectivity index (χ4v) is 3.47. The number of aromatic nitrogens is 2. The van der Waals surface area contributed by atoms with Gasteiger partial charge in [0.25, 0.3) is 0 Å². The first kappa shape index (κ1) is 13.4. The first-order valence-corrected chi connectivity index (χ1v) is 7.61. The average molecular weight is 321 g/mol. The molecular weight excluding hydrogens is 302 g/mol. The quantitative estimate of drug-likeness (QED) is 0.798. The third kappa shape index (κ3) is 2.85. The highest BCUT2D eigenvalue weighted by Gasteiger charge is 2.23. The van der Waals surface area contributed by atoms with Gasteiger partial charge in [-0.25, -0.2) is 0 Å². The number of hydrogen-bond acceptors (Lipinski definition) is 2. The number of halogens is 2. The van der Waals surface area contributed by atoms with Crippen molar-refractivity contribution >= 4 is 27.5 Å². The van der Waals surface area contributed by atoms with Gasteiger partial charge in [0.2, 0.25) is 0 Å². The van der Waals surface area contributed by atoms with E-state index in [0.717, 1.165) is 22.7 Å². The van der Waals surface area contributed by atoms with Crippen LogP contribution in [0.2, 0.25) is 5.15 Å². The van der Waals surface area contributed by atoms with Gasteiger partial charge in [-0.05, 0) is 26.3 Å². The summed E-state index contributed by atoms with van der Waals surface area (Å²) in [7, 11) is 1.90. The summed E-state index contributed by atoms with van der Waals surface area (Å²) in [5.41, 5.74) is 2.23. The topological polar surface area (TPSA) is 21.1 Å². The minimum Gasteiger partial charge on any atom is -0.295 e. The number of piperidine rings is 1. The van der Waals surface area contributed by atoms with Gasteiger partial charge in [-0.3, -0.25) is 9.58 Å². The Labute approximate surface area is 116 Å². The fraction of sp³-hybridized carbons (Fsp3) is 0.750. The van der Waals surface area contributed by atoms with Gasteiger partial charge in [0.1, 0.15) is 5.15 Å². The lowest BCUT2D eigenvalue weighted by atomic mass is 10.0. The third-order valence-electron chi connectivity index (χ3n) is 3.56. The fourth-order valence-electron chi connectivity index (χ4n) is 2.50. The number of hydrogen-bond donors (Lipinski definition) is 0. The van der Waals surface area contributed by atoms with Crippen LogP contribution in [0.25, 0.3) is 0 Å². The first-order valence-electron chi connectivity index (χ1n) is 6.11. The Kier molecular flexibility index (Phi) is 4.50. The van der Waals surface area contributed by atoms with E-state index in [2.05, 4.69) is 25.9 Å². The minimum atomic E-state index is 0.638. The number of nitrogens with zero attached hydrogens (tertiary/aromatic N) is 3. The molecule has 1 atom stereocenters. The van der Waals surface area contributed by atoms with Crippen molar-refractivity contribution in [2.45, 2.75) is 38.8 Å². The smallest absolute Gasteiger partial charge is 0.131 e. The number of alkyl halides is 1. The molecule has 1 saturated heterocycles. The molecule has 2 heterocycles. The molecule has 0 aromatic carbocycles. The van der Waals surface area contributed by atoms with E-state index in [9.17, 15) is 0 Å². The lowest BCUT2D eigenvalue weighted by molar-refractivity contribution is 0.156. The summed E-state index contributed by atoms with van der Waals surface area (Å²) < 4.78 is 1.76. The molecule has 0 spiro atoms. The second kappa shape index (κ2) is 5.72. The molecular formula is C12H19BrClN3.